The molecule has 3 rings (SSSR count). The molecule has 106 valence electrons. The number of nitrogen functional groups attached to an aromatic ring is 1. The van der Waals surface area contributed by atoms with Crippen LogP contribution in [0.3, 0.4) is 0 Å². The first-order valence-electron chi connectivity index (χ1n) is 7.19. The van der Waals surface area contributed by atoms with Crippen molar-refractivity contribution in [3.63, 3.8) is 0 Å². The first-order valence-corrected chi connectivity index (χ1v) is 7.19. The molecule has 0 unspecified atom stereocenters. The number of hydrazine groups is 1. The lowest BCUT2D eigenvalue weighted by Gasteiger charge is -2.27. The van der Waals surface area contributed by atoms with E-state index in [9.17, 15) is 0 Å². The van der Waals surface area contributed by atoms with E-state index < -0.39 is 0 Å². The Morgan fingerprint density at radius 1 is 1.30 bits per heavy atom. The number of rotatable bonds is 5. The third-order valence-corrected chi connectivity index (χ3v) is 3.53. The van der Waals surface area contributed by atoms with E-state index in [1.165, 1.54) is 12.8 Å². The zero-order valence-corrected chi connectivity index (χ0v) is 12.0. The average Bonchev–Trinajstić information content (AvgIpc) is 3.28. The molecular weight excluding hydrogens is 250 g/mol. The maximum atomic E-state index is 5.51. The normalized spacial score (nSPS) is 14.8. The van der Waals surface area contributed by atoms with Crippen LogP contribution in [0.4, 0.5) is 11.8 Å². The predicted octanol–water partition coefficient (Wildman–Crippen LogP) is 2.54. The fourth-order valence-corrected chi connectivity index (χ4v) is 2.53. The van der Waals surface area contributed by atoms with Crippen molar-refractivity contribution in [1.82, 2.24) is 9.97 Å². The van der Waals surface area contributed by atoms with Crippen LogP contribution in [-0.4, -0.2) is 22.6 Å². The van der Waals surface area contributed by atoms with Gasteiger partial charge in [0.15, 0.2) is 0 Å². The second kappa shape index (κ2) is 5.25. The molecule has 1 saturated carbocycles. The first kappa shape index (κ1) is 13.1. The number of nitrogens with one attached hydrogen (secondary N) is 1. The van der Waals surface area contributed by atoms with Crippen LogP contribution >= 0.6 is 0 Å². The van der Waals surface area contributed by atoms with Crippen molar-refractivity contribution in [3.05, 3.63) is 24.3 Å². The Morgan fingerprint density at radius 2 is 2.05 bits per heavy atom. The van der Waals surface area contributed by atoms with Crippen molar-refractivity contribution in [2.45, 2.75) is 32.7 Å². The van der Waals surface area contributed by atoms with Gasteiger partial charge in [0.05, 0.1) is 5.52 Å². The summed E-state index contributed by atoms with van der Waals surface area (Å²) in [6, 6.07) is 8.72. The Labute approximate surface area is 119 Å². The van der Waals surface area contributed by atoms with Crippen LogP contribution < -0.4 is 16.2 Å². The van der Waals surface area contributed by atoms with Gasteiger partial charge in [-0.25, -0.2) is 10.8 Å². The monoisotopic (exact) mass is 271 g/mol. The highest BCUT2D eigenvalue weighted by molar-refractivity contribution is 5.90. The molecule has 0 atom stereocenters. The van der Waals surface area contributed by atoms with Gasteiger partial charge >= 0.3 is 0 Å². The van der Waals surface area contributed by atoms with Gasteiger partial charge in [0.25, 0.3) is 0 Å². The molecule has 1 fully saturated rings. The summed E-state index contributed by atoms with van der Waals surface area (Å²) < 4.78 is 0. The highest BCUT2D eigenvalue weighted by Crippen LogP contribution is 2.35. The van der Waals surface area contributed by atoms with Gasteiger partial charge < -0.3 is 4.90 Å². The minimum Gasteiger partial charge on any atom is -0.353 e. The van der Waals surface area contributed by atoms with Crippen LogP contribution in [0.15, 0.2) is 24.3 Å². The largest absolute Gasteiger partial charge is 0.353 e. The smallest absolute Gasteiger partial charge is 0.239 e. The predicted molar refractivity (Wildman–Crippen MR) is 82.6 cm³/mol. The van der Waals surface area contributed by atoms with E-state index in [-0.39, 0.29) is 0 Å². The lowest BCUT2D eigenvalue weighted by Crippen LogP contribution is -2.31. The Kier molecular flexibility index (Phi) is 3.44. The molecule has 1 aromatic heterocycles. The highest BCUT2D eigenvalue weighted by Gasteiger charge is 2.31. The Bertz CT molecular complexity index is 606. The van der Waals surface area contributed by atoms with Gasteiger partial charge in [0, 0.05) is 18.0 Å². The summed E-state index contributed by atoms with van der Waals surface area (Å²) in [5, 5.41) is 1.10. The highest BCUT2D eigenvalue weighted by atomic mass is 15.3. The Hall–Kier alpha value is -1.88. The summed E-state index contributed by atoms with van der Waals surface area (Å²) >= 11 is 0. The summed E-state index contributed by atoms with van der Waals surface area (Å²) in [7, 11) is 0. The van der Waals surface area contributed by atoms with Crippen molar-refractivity contribution in [1.29, 1.82) is 0 Å². The number of anilines is 2. The van der Waals surface area contributed by atoms with Crippen LogP contribution in [0.1, 0.15) is 26.7 Å². The van der Waals surface area contributed by atoms with Gasteiger partial charge in [-0.15, -0.1) is 0 Å². The fourth-order valence-electron chi connectivity index (χ4n) is 2.53. The number of para-hydroxylation sites is 1. The number of aromatic nitrogens is 2. The number of benzene rings is 1. The number of hydrogen-bond donors (Lipinski definition) is 2. The summed E-state index contributed by atoms with van der Waals surface area (Å²) in [5.74, 6) is 7.58. The number of nitrogens with zero attached hydrogens (tertiary/aromatic N) is 3. The number of fused-ring (bicyclic) bond motifs is 1. The van der Waals surface area contributed by atoms with Crippen LogP contribution in [0.25, 0.3) is 10.9 Å². The average molecular weight is 271 g/mol. The van der Waals surface area contributed by atoms with Crippen molar-refractivity contribution < 1.29 is 0 Å². The third kappa shape index (κ3) is 2.54. The molecule has 0 aliphatic heterocycles. The standard InChI is InChI=1S/C15H21N5/c1-10(2)9-20(11-7-8-11)14-12-5-3-4-6-13(12)17-15(18-14)19-16/h3-6,10-11H,7-9,16H2,1-2H3,(H,17,18,19). The summed E-state index contributed by atoms with van der Waals surface area (Å²) in [6.07, 6.45) is 2.49. The van der Waals surface area contributed by atoms with E-state index in [2.05, 4.69) is 40.2 Å². The molecule has 1 aliphatic rings. The van der Waals surface area contributed by atoms with E-state index in [0.29, 0.717) is 17.9 Å². The fraction of sp³-hybridized carbons (Fsp3) is 0.467. The molecule has 0 amide bonds. The molecule has 2 aromatic rings. The second-order valence-corrected chi connectivity index (χ2v) is 5.81. The Balaban J connectivity index is 2.11. The molecule has 0 radical (unpaired) electrons. The quantitative estimate of drug-likeness (QED) is 0.646. The van der Waals surface area contributed by atoms with Gasteiger partial charge in [0.1, 0.15) is 5.82 Å². The molecule has 20 heavy (non-hydrogen) atoms. The van der Waals surface area contributed by atoms with Gasteiger partial charge in [-0.3, -0.25) is 5.43 Å². The topological polar surface area (TPSA) is 67.1 Å². The molecule has 1 heterocycles. The van der Waals surface area contributed by atoms with E-state index >= 15 is 0 Å². The summed E-state index contributed by atoms with van der Waals surface area (Å²) in [6.45, 7) is 5.48. The maximum absolute atomic E-state index is 5.51. The molecule has 3 N–H and O–H groups in total. The molecule has 1 aliphatic carbocycles. The molecule has 5 nitrogen and oxygen atoms in total. The lowest BCUT2D eigenvalue weighted by atomic mass is 10.1. The Morgan fingerprint density at radius 3 is 2.70 bits per heavy atom. The summed E-state index contributed by atoms with van der Waals surface area (Å²) in [4.78, 5) is 11.4. The van der Waals surface area contributed by atoms with E-state index in [4.69, 9.17) is 5.84 Å². The van der Waals surface area contributed by atoms with Gasteiger partial charge in [-0.05, 0) is 30.9 Å². The molecule has 0 spiro atoms. The zero-order chi connectivity index (χ0) is 14.1. The SMILES string of the molecule is CC(C)CN(c1nc(NN)nc2ccccc12)C1CC1. The van der Waals surface area contributed by atoms with Crippen LogP contribution in [0.2, 0.25) is 0 Å². The number of hydrogen-bond acceptors (Lipinski definition) is 5. The second-order valence-electron chi connectivity index (χ2n) is 5.81. The first-order chi connectivity index (χ1) is 9.69. The molecule has 5 heteroatoms. The maximum Gasteiger partial charge on any atom is 0.239 e. The minimum atomic E-state index is 0.480. The van der Waals surface area contributed by atoms with Crippen molar-refractivity contribution in [2.24, 2.45) is 11.8 Å². The molecule has 0 saturated heterocycles. The summed E-state index contributed by atoms with van der Waals surface area (Å²) in [5.41, 5.74) is 3.51. The minimum absolute atomic E-state index is 0.480. The van der Waals surface area contributed by atoms with E-state index in [1.54, 1.807) is 0 Å². The van der Waals surface area contributed by atoms with Gasteiger partial charge in [-0.2, -0.15) is 4.98 Å². The van der Waals surface area contributed by atoms with Crippen LogP contribution in [0, 0.1) is 5.92 Å². The van der Waals surface area contributed by atoms with E-state index in [0.717, 1.165) is 23.3 Å². The van der Waals surface area contributed by atoms with Gasteiger partial charge in [0.2, 0.25) is 5.95 Å². The van der Waals surface area contributed by atoms with Crippen molar-refractivity contribution in [2.75, 3.05) is 16.9 Å². The molecule has 0 bridgehead atoms. The van der Waals surface area contributed by atoms with Crippen LogP contribution in [-0.2, 0) is 0 Å². The van der Waals surface area contributed by atoms with Crippen molar-refractivity contribution in [3.8, 4) is 0 Å². The van der Waals surface area contributed by atoms with Crippen LogP contribution in [0.5, 0.6) is 0 Å². The lowest BCUT2D eigenvalue weighted by molar-refractivity contribution is 0.604. The zero-order valence-electron chi connectivity index (χ0n) is 12.0. The number of nitrogens with two attached hydrogens (primary N) is 1. The van der Waals surface area contributed by atoms with Crippen molar-refractivity contribution >= 4 is 22.7 Å². The molecule has 1 aromatic carbocycles. The third-order valence-electron chi connectivity index (χ3n) is 3.53. The van der Waals surface area contributed by atoms with Gasteiger partial charge in [-0.1, -0.05) is 26.0 Å². The molecular formula is C15H21N5. The van der Waals surface area contributed by atoms with E-state index in [1.807, 2.05) is 18.2 Å².